The number of halogens is 1. The summed E-state index contributed by atoms with van der Waals surface area (Å²) < 4.78 is 0. The predicted molar refractivity (Wildman–Crippen MR) is 121 cm³/mol. The van der Waals surface area contributed by atoms with Crippen molar-refractivity contribution < 1.29 is 9.59 Å². The topological polar surface area (TPSA) is 91.0 Å². The number of carbonyl (C=O) groups excluding carboxylic acids is 2. The van der Waals surface area contributed by atoms with Gasteiger partial charge in [0.05, 0.1) is 6.04 Å². The second kappa shape index (κ2) is 8.13. The number of hydrogen-bond donors (Lipinski definition) is 2. The van der Waals surface area contributed by atoms with Gasteiger partial charge in [-0.05, 0) is 43.2 Å². The highest BCUT2D eigenvalue weighted by atomic mass is 35.5. The number of aromatic amines is 1. The van der Waals surface area contributed by atoms with Crippen molar-refractivity contribution >= 4 is 51.3 Å². The molecule has 5 rings (SSSR count). The first-order valence-corrected chi connectivity index (χ1v) is 11.1. The molecule has 2 N–H and O–H groups in total. The average Bonchev–Trinajstić information content (AvgIpc) is 3.51. The van der Waals surface area contributed by atoms with Crippen molar-refractivity contribution in [3.63, 3.8) is 0 Å². The maximum atomic E-state index is 13.2. The summed E-state index contributed by atoms with van der Waals surface area (Å²) in [4.78, 5) is 30.7. The Hall–Kier alpha value is -3.23. The molecule has 1 fully saturated rings. The molecule has 1 aliphatic heterocycles. The van der Waals surface area contributed by atoms with Crippen molar-refractivity contribution in [2.24, 2.45) is 0 Å². The SMILES string of the molecule is O=C(Nc1cccc(Cl)c1)c1nnc(C2CCCN2C(=O)c2cc3ccccc3[nH]2)s1. The van der Waals surface area contributed by atoms with Gasteiger partial charge in [-0.2, -0.15) is 0 Å². The summed E-state index contributed by atoms with van der Waals surface area (Å²) in [7, 11) is 0. The van der Waals surface area contributed by atoms with Gasteiger partial charge < -0.3 is 15.2 Å². The van der Waals surface area contributed by atoms with E-state index in [1.807, 2.05) is 35.2 Å². The summed E-state index contributed by atoms with van der Waals surface area (Å²) in [6.07, 6.45) is 1.66. The highest BCUT2D eigenvalue weighted by Gasteiger charge is 2.34. The van der Waals surface area contributed by atoms with Crippen LogP contribution in [0.1, 0.15) is 44.2 Å². The van der Waals surface area contributed by atoms with E-state index >= 15 is 0 Å². The fourth-order valence-corrected chi connectivity index (χ4v) is 4.90. The number of para-hydroxylation sites is 1. The van der Waals surface area contributed by atoms with Crippen LogP contribution in [0.4, 0.5) is 5.69 Å². The molecular formula is C22H18ClN5O2S. The van der Waals surface area contributed by atoms with E-state index in [-0.39, 0.29) is 22.9 Å². The predicted octanol–water partition coefficient (Wildman–Crippen LogP) is 4.90. The molecule has 31 heavy (non-hydrogen) atoms. The third-order valence-corrected chi connectivity index (χ3v) is 6.53. The summed E-state index contributed by atoms with van der Waals surface area (Å²) in [5, 5.41) is 13.5. The molecule has 156 valence electrons. The molecule has 2 aromatic carbocycles. The molecule has 1 atom stereocenters. The van der Waals surface area contributed by atoms with Crippen molar-refractivity contribution in [1.29, 1.82) is 0 Å². The zero-order valence-electron chi connectivity index (χ0n) is 16.3. The van der Waals surface area contributed by atoms with Gasteiger partial charge in [-0.25, -0.2) is 0 Å². The van der Waals surface area contributed by atoms with Gasteiger partial charge in [-0.1, -0.05) is 47.2 Å². The van der Waals surface area contributed by atoms with Gasteiger partial charge in [-0.15, -0.1) is 10.2 Å². The molecule has 1 aliphatic rings. The first-order chi connectivity index (χ1) is 15.1. The van der Waals surface area contributed by atoms with E-state index in [4.69, 9.17) is 11.6 Å². The number of nitrogens with one attached hydrogen (secondary N) is 2. The molecule has 2 aromatic heterocycles. The number of anilines is 1. The molecule has 0 radical (unpaired) electrons. The molecular weight excluding hydrogens is 434 g/mol. The Morgan fingerprint density at radius 2 is 2.00 bits per heavy atom. The third-order valence-electron chi connectivity index (χ3n) is 5.28. The number of likely N-dealkylation sites (tertiary alicyclic amines) is 1. The molecule has 1 unspecified atom stereocenters. The first-order valence-electron chi connectivity index (χ1n) is 9.87. The number of benzene rings is 2. The van der Waals surface area contributed by atoms with E-state index < -0.39 is 0 Å². The largest absolute Gasteiger partial charge is 0.351 e. The van der Waals surface area contributed by atoms with E-state index in [0.717, 1.165) is 23.7 Å². The van der Waals surface area contributed by atoms with E-state index in [1.54, 1.807) is 24.3 Å². The van der Waals surface area contributed by atoms with Gasteiger partial charge in [0.25, 0.3) is 11.8 Å². The molecule has 1 saturated heterocycles. The molecule has 0 aliphatic carbocycles. The molecule has 0 bridgehead atoms. The van der Waals surface area contributed by atoms with Crippen LogP contribution in [0, 0.1) is 0 Å². The molecule has 4 aromatic rings. The average molecular weight is 452 g/mol. The van der Waals surface area contributed by atoms with Gasteiger partial charge in [0.2, 0.25) is 5.01 Å². The number of nitrogens with zero attached hydrogens (tertiary/aromatic N) is 3. The van der Waals surface area contributed by atoms with Crippen molar-refractivity contribution in [1.82, 2.24) is 20.1 Å². The van der Waals surface area contributed by atoms with Crippen LogP contribution in [-0.4, -0.2) is 38.4 Å². The lowest BCUT2D eigenvalue weighted by atomic mass is 10.2. The Kier molecular flexibility index (Phi) is 5.17. The number of rotatable bonds is 4. The van der Waals surface area contributed by atoms with Crippen molar-refractivity contribution in [2.45, 2.75) is 18.9 Å². The zero-order chi connectivity index (χ0) is 21.4. The highest BCUT2D eigenvalue weighted by molar-refractivity contribution is 7.13. The van der Waals surface area contributed by atoms with Crippen LogP contribution in [0.2, 0.25) is 5.02 Å². The van der Waals surface area contributed by atoms with Crippen LogP contribution in [0.3, 0.4) is 0 Å². The van der Waals surface area contributed by atoms with Gasteiger partial charge >= 0.3 is 0 Å². The fourth-order valence-electron chi connectivity index (χ4n) is 3.82. The summed E-state index contributed by atoms with van der Waals surface area (Å²) in [6.45, 7) is 0.641. The minimum Gasteiger partial charge on any atom is -0.351 e. The van der Waals surface area contributed by atoms with E-state index in [2.05, 4.69) is 20.5 Å². The number of amides is 2. The van der Waals surface area contributed by atoms with Crippen LogP contribution in [0.15, 0.2) is 54.6 Å². The van der Waals surface area contributed by atoms with Crippen LogP contribution in [-0.2, 0) is 0 Å². The lowest BCUT2D eigenvalue weighted by molar-refractivity contribution is 0.0730. The van der Waals surface area contributed by atoms with Crippen LogP contribution >= 0.6 is 22.9 Å². The number of H-pyrrole nitrogens is 1. The quantitative estimate of drug-likeness (QED) is 0.461. The Morgan fingerprint density at radius 1 is 1.13 bits per heavy atom. The van der Waals surface area contributed by atoms with E-state index in [1.165, 1.54) is 11.3 Å². The minimum absolute atomic E-state index is 0.0705. The van der Waals surface area contributed by atoms with Crippen molar-refractivity contribution in [3.8, 4) is 0 Å². The number of fused-ring (bicyclic) bond motifs is 1. The monoisotopic (exact) mass is 451 g/mol. The van der Waals surface area contributed by atoms with Gasteiger partial charge in [0, 0.05) is 28.2 Å². The molecule has 0 saturated carbocycles. The lowest BCUT2D eigenvalue weighted by Crippen LogP contribution is -2.30. The van der Waals surface area contributed by atoms with Crippen LogP contribution < -0.4 is 5.32 Å². The van der Waals surface area contributed by atoms with Gasteiger partial charge in [-0.3, -0.25) is 9.59 Å². The Labute approximate surface area is 187 Å². The Balaban J connectivity index is 1.34. The normalized spacial score (nSPS) is 16.0. The summed E-state index contributed by atoms with van der Waals surface area (Å²) >= 11 is 7.18. The Morgan fingerprint density at radius 3 is 2.84 bits per heavy atom. The van der Waals surface area contributed by atoms with Crippen LogP contribution in [0.25, 0.3) is 10.9 Å². The fraction of sp³-hybridized carbons (Fsp3) is 0.182. The van der Waals surface area contributed by atoms with Crippen LogP contribution in [0.5, 0.6) is 0 Å². The smallest absolute Gasteiger partial charge is 0.286 e. The van der Waals surface area contributed by atoms with E-state index in [9.17, 15) is 9.59 Å². The number of carbonyl (C=O) groups is 2. The first kappa shape index (κ1) is 19.7. The zero-order valence-corrected chi connectivity index (χ0v) is 17.9. The highest BCUT2D eigenvalue weighted by Crippen LogP contribution is 2.35. The van der Waals surface area contributed by atoms with Crippen molar-refractivity contribution in [2.75, 3.05) is 11.9 Å². The molecule has 2 amide bonds. The minimum atomic E-state index is -0.350. The maximum absolute atomic E-state index is 13.2. The molecule has 3 heterocycles. The number of hydrogen-bond acceptors (Lipinski definition) is 5. The van der Waals surface area contributed by atoms with Gasteiger partial charge in [0.1, 0.15) is 10.7 Å². The maximum Gasteiger partial charge on any atom is 0.286 e. The van der Waals surface area contributed by atoms with Crippen molar-refractivity contribution in [3.05, 3.63) is 75.3 Å². The standard InChI is InChI=1S/C22H18ClN5O2S/c23-14-6-3-7-15(12-14)24-19(29)21-27-26-20(31-21)18-9-4-10-28(18)22(30)17-11-13-5-1-2-8-16(13)25-17/h1-3,5-8,11-12,18,25H,4,9-10H2,(H,24,29). The molecule has 7 nitrogen and oxygen atoms in total. The summed E-state index contributed by atoms with van der Waals surface area (Å²) in [6, 6.07) is 16.4. The summed E-state index contributed by atoms with van der Waals surface area (Å²) in [5.74, 6) is -0.420. The number of aromatic nitrogens is 3. The Bertz CT molecular complexity index is 1250. The van der Waals surface area contributed by atoms with Gasteiger partial charge in [0.15, 0.2) is 0 Å². The molecule has 9 heteroatoms. The van der Waals surface area contributed by atoms with E-state index in [0.29, 0.717) is 28.0 Å². The third kappa shape index (κ3) is 3.92. The lowest BCUT2D eigenvalue weighted by Gasteiger charge is -2.22. The second-order valence-corrected chi connectivity index (χ2v) is 8.78. The molecule has 0 spiro atoms. The second-order valence-electron chi connectivity index (χ2n) is 7.34. The summed E-state index contributed by atoms with van der Waals surface area (Å²) in [5.41, 5.74) is 2.07.